The number of amidine groups is 1. The molecule has 1 fully saturated rings. The van der Waals surface area contributed by atoms with Crippen LogP contribution in [0.4, 0.5) is 13.2 Å². The van der Waals surface area contributed by atoms with Crippen molar-refractivity contribution in [2.45, 2.75) is 59.1 Å². The Hall–Kier alpha value is -2.97. The van der Waals surface area contributed by atoms with Gasteiger partial charge in [-0.15, -0.1) is 0 Å². The summed E-state index contributed by atoms with van der Waals surface area (Å²) in [5.41, 5.74) is 1.14. The van der Waals surface area contributed by atoms with Crippen molar-refractivity contribution in [3.8, 4) is 0 Å². The molecule has 2 N–H and O–H groups in total. The van der Waals surface area contributed by atoms with Crippen LogP contribution >= 0.6 is 0 Å². The molecule has 180 valence electrons. The molecule has 0 saturated heterocycles. The van der Waals surface area contributed by atoms with Crippen LogP contribution in [0.1, 0.15) is 69.1 Å². The third kappa shape index (κ3) is 7.27. The number of carbonyl (C=O) groups excluding carboxylic acids is 1. The number of nitrogens with one attached hydrogen (secondary N) is 2. The molecule has 1 aliphatic carbocycles. The molecule has 9 heteroatoms. The molecule has 1 aromatic heterocycles. The molecular formula is C24H32F3N5O. The van der Waals surface area contributed by atoms with Gasteiger partial charge < -0.3 is 5.32 Å². The van der Waals surface area contributed by atoms with E-state index in [-0.39, 0.29) is 24.0 Å². The van der Waals surface area contributed by atoms with Crippen LogP contribution in [-0.4, -0.2) is 33.8 Å². The van der Waals surface area contributed by atoms with E-state index < -0.39 is 17.8 Å². The Morgan fingerprint density at radius 3 is 2.55 bits per heavy atom. The Labute approximate surface area is 192 Å². The van der Waals surface area contributed by atoms with Gasteiger partial charge in [-0.2, -0.15) is 18.3 Å². The maximum atomic E-state index is 12.9. The zero-order chi connectivity index (χ0) is 24.6. The van der Waals surface area contributed by atoms with Gasteiger partial charge in [-0.1, -0.05) is 44.1 Å². The van der Waals surface area contributed by atoms with E-state index in [0.717, 1.165) is 48.4 Å². The number of hydrogen-bond acceptors (Lipinski definition) is 3. The minimum atomic E-state index is -4.62. The standard InChI is InChI=1S/C24H32F3N5O/c1-5-9-16(7-3)13-18(10-6-2)22(28)30-19(17-11-8-12-17)15-29-23(33)20-14-21(24(25,26)27)31-32(20)4/h6,9-10,13-14,17,28H,5,7-8,11-12,15H2,1-4H3,(H,29,33)/b10-6-,16-9+,18-13+,28-22?,30-19?. The van der Waals surface area contributed by atoms with Crippen molar-refractivity contribution in [1.29, 1.82) is 5.41 Å². The predicted molar refractivity (Wildman–Crippen MR) is 125 cm³/mol. The Kier molecular flexibility index (Phi) is 9.37. The van der Waals surface area contributed by atoms with Crippen molar-refractivity contribution >= 4 is 17.5 Å². The van der Waals surface area contributed by atoms with Gasteiger partial charge in [0, 0.05) is 24.4 Å². The second kappa shape index (κ2) is 11.8. The van der Waals surface area contributed by atoms with E-state index in [1.165, 1.54) is 7.05 Å². The van der Waals surface area contributed by atoms with Crippen molar-refractivity contribution in [2.75, 3.05) is 6.54 Å². The number of halogens is 3. The van der Waals surface area contributed by atoms with Crippen molar-refractivity contribution in [3.05, 3.63) is 52.9 Å². The number of aliphatic imine (C=N–C) groups is 1. The first-order valence-corrected chi connectivity index (χ1v) is 11.2. The number of aryl methyl sites for hydroxylation is 1. The lowest BCUT2D eigenvalue weighted by Crippen LogP contribution is -2.36. The van der Waals surface area contributed by atoms with E-state index in [2.05, 4.69) is 35.3 Å². The first kappa shape index (κ1) is 26.3. The summed E-state index contributed by atoms with van der Waals surface area (Å²) in [6, 6.07) is 0.733. The minimum absolute atomic E-state index is 0.0625. The van der Waals surface area contributed by atoms with Crippen LogP contribution in [0.15, 0.2) is 46.5 Å². The monoisotopic (exact) mass is 463 g/mol. The third-order valence-corrected chi connectivity index (χ3v) is 5.50. The molecule has 0 radical (unpaired) electrons. The van der Waals surface area contributed by atoms with Crippen molar-refractivity contribution < 1.29 is 18.0 Å². The molecule has 1 saturated carbocycles. The van der Waals surface area contributed by atoms with Crippen molar-refractivity contribution in [3.63, 3.8) is 0 Å². The van der Waals surface area contributed by atoms with Gasteiger partial charge >= 0.3 is 6.18 Å². The third-order valence-electron chi connectivity index (χ3n) is 5.50. The van der Waals surface area contributed by atoms with Crippen molar-refractivity contribution in [2.24, 2.45) is 18.0 Å². The highest BCUT2D eigenvalue weighted by molar-refractivity contribution is 6.09. The first-order chi connectivity index (χ1) is 15.6. The first-order valence-electron chi connectivity index (χ1n) is 11.2. The lowest BCUT2D eigenvalue weighted by Gasteiger charge is -2.27. The van der Waals surface area contributed by atoms with Gasteiger partial charge in [-0.05, 0) is 44.6 Å². The van der Waals surface area contributed by atoms with Crippen LogP contribution in [0.5, 0.6) is 0 Å². The number of alkyl halides is 3. The molecule has 0 aromatic carbocycles. The molecule has 0 atom stereocenters. The number of carbonyl (C=O) groups is 1. The van der Waals surface area contributed by atoms with Gasteiger partial charge in [0.2, 0.25) is 0 Å². The number of nitrogens with zero attached hydrogens (tertiary/aromatic N) is 3. The average Bonchev–Trinajstić information content (AvgIpc) is 3.11. The number of hydrogen-bond donors (Lipinski definition) is 2. The van der Waals surface area contributed by atoms with E-state index in [1.54, 1.807) is 0 Å². The molecule has 0 spiro atoms. The molecule has 0 aliphatic heterocycles. The molecule has 6 nitrogen and oxygen atoms in total. The maximum Gasteiger partial charge on any atom is 0.435 e. The number of aromatic nitrogens is 2. The highest BCUT2D eigenvalue weighted by atomic mass is 19.4. The SMILES string of the molecule is C\C=C/C(=C\C(=C\CC)CC)C(=N)N=C(CNC(=O)c1cc(C(F)(F)F)nn1C)C1CCC1. The smallest absolute Gasteiger partial charge is 0.345 e. The predicted octanol–water partition coefficient (Wildman–Crippen LogP) is 5.64. The Morgan fingerprint density at radius 2 is 2.06 bits per heavy atom. The molecule has 1 amide bonds. The summed E-state index contributed by atoms with van der Waals surface area (Å²) in [6.07, 6.45) is 7.69. The number of amides is 1. The average molecular weight is 464 g/mol. The van der Waals surface area contributed by atoms with Gasteiger partial charge in [-0.25, -0.2) is 4.99 Å². The van der Waals surface area contributed by atoms with E-state index >= 15 is 0 Å². The molecule has 0 bridgehead atoms. The van der Waals surface area contributed by atoms with Gasteiger partial charge in [0.1, 0.15) is 5.69 Å². The highest BCUT2D eigenvalue weighted by Gasteiger charge is 2.35. The molecule has 33 heavy (non-hydrogen) atoms. The minimum Gasteiger partial charge on any atom is -0.345 e. The van der Waals surface area contributed by atoms with Crippen LogP contribution in [0.2, 0.25) is 0 Å². The Morgan fingerprint density at radius 1 is 1.36 bits per heavy atom. The molecule has 2 rings (SSSR count). The second-order valence-electron chi connectivity index (χ2n) is 7.94. The van der Waals surface area contributed by atoms with E-state index in [1.807, 2.05) is 25.2 Å². The summed E-state index contributed by atoms with van der Waals surface area (Å²) >= 11 is 0. The lowest BCUT2D eigenvalue weighted by atomic mass is 9.81. The van der Waals surface area contributed by atoms with E-state index in [0.29, 0.717) is 11.3 Å². The summed E-state index contributed by atoms with van der Waals surface area (Å²) in [5.74, 6) is -0.423. The molecule has 1 aliphatic rings. The van der Waals surface area contributed by atoms with Gasteiger partial charge in [0.25, 0.3) is 5.91 Å². The summed E-state index contributed by atoms with van der Waals surface area (Å²) in [6.45, 7) is 6.04. The van der Waals surface area contributed by atoms with Gasteiger partial charge in [-0.3, -0.25) is 14.9 Å². The summed E-state index contributed by atoms with van der Waals surface area (Å²) in [4.78, 5) is 17.1. The fourth-order valence-corrected chi connectivity index (χ4v) is 3.45. The topological polar surface area (TPSA) is 83.1 Å². The van der Waals surface area contributed by atoms with Gasteiger partial charge in [0.05, 0.1) is 6.54 Å². The highest BCUT2D eigenvalue weighted by Crippen LogP contribution is 2.29. The van der Waals surface area contributed by atoms with E-state index in [4.69, 9.17) is 5.41 Å². The summed E-state index contributed by atoms with van der Waals surface area (Å²) in [7, 11) is 1.30. The summed E-state index contributed by atoms with van der Waals surface area (Å²) < 4.78 is 39.6. The quantitative estimate of drug-likeness (QED) is 0.282. The molecule has 0 unspecified atom stereocenters. The molecule has 1 aromatic rings. The van der Waals surface area contributed by atoms with Crippen LogP contribution in [0.25, 0.3) is 0 Å². The van der Waals surface area contributed by atoms with Crippen LogP contribution in [0.3, 0.4) is 0 Å². The Bertz CT molecular complexity index is 979. The molecular weight excluding hydrogens is 431 g/mol. The lowest BCUT2D eigenvalue weighted by molar-refractivity contribution is -0.141. The number of allylic oxidation sites excluding steroid dienone is 4. The second-order valence-corrected chi connectivity index (χ2v) is 7.94. The fourth-order valence-electron chi connectivity index (χ4n) is 3.45. The number of rotatable bonds is 9. The Balaban J connectivity index is 2.23. The van der Waals surface area contributed by atoms with E-state index in [9.17, 15) is 18.0 Å². The largest absolute Gasteiger partial charge is 0.435 e. The molecule has 1 heterocycles. The maximum absolute atomic E-state index is 12.9. The van der Waals surface area contributed by atoms with Crippen LogP contribution in [-0.2, 0) is 13.2 Å². The van der Waals surface area contributed by atoms with Crippen LogP contribution < -0.4 is 5.32 Å². The summed E-state index contributed by atoms with van der Waals surface area (Å²) in [5, 5.41) is 14.6. The van der Waals surface area contributed by atoms with Crippen LogP contribution in [0, 0.1) is 11.3 Å². The normalized spacial score (nSPS) is 16.3. The zero-order valence-electron chi connectivity index (χ0n) is 19.6. The van der Waals surface area contributed by atoms with Crippen molar-refractivity contribution in [1.82, 2.24) is 15.1 Å². The zero-order valence-corrected chi connectivity index (χ0v) is 19.6. The fraction of sp³-hybridized carbons (Fsp3) is 0.500. The van der Waals surface area contributed by atoms with Gasteiger partial charge in [0.15, 0.2) is 11.5 Å².